The van der Waals surface area contributed by atoms with Gasteiger partial charge in [0.05, 0.1) is 24.8 Å². The van der Waals surface area contributed by atoms with Crippen molar-refractivity contribution < 1.29 is 27.8 Å². The molecule has 2 aliphatic heterocycles. The van der Waals surface area contributed by atoms with E-state index in [1.165, 1.54) is 24.3 Å². The average Bonchev–Trinajstić information content (AvgIpc) is 3.62. The number of rotatable bonds is 8. The Bertz CT molecular complexity index is 1670. The number of nitrogens with zero attached hydrogens (tertiary/aromatic N) is 3. The van der Waals surface area contributed by atoms with E-state index in [9.17, 15) is 18.4 Å². The maximum Gasteiger partial charge on any atom is 0.487 e. The second-order valence-electron chi connectivity index (χ2n) is 11.0. The summed E-state index contributed by atoms with van der Waals surface area (Å²) in [6.45, 7) is 1.82. The fourth-order valence-electron chi connectivity index (χ4n) is 6.04. The predicted molar refractivity (Wildman–Crippen MR) is 162 cm³/mol. The topological polar surface area (TPSA) is 99.8 Å². The van der Waals surface area contributed by atoms with Crippen LogP contribution in [-0.2, 0) is 16.8 Å². The van der Waals surface area contributed by atoms with Crippen LogP contribution in [0.2, 0.25) is 0 Å². The number of fused-ring (bicyclic) bond motifs is 2. The van der Waals surface area contributed by atoms with Gasteiger partial charge in [-0.3, -0.25) is 14.7 Å². The largest absolute Gasteiger partial charge is 0.497 e. The van der Waals surface area contributed by atoms with Crippen molar-refractivity contribution in [1.29, 1.82) is 0 Å². The molecule has 0 aliphatic carbocycles. The Morgan fingerprint density at radius 2 is 1.75 bits per heavy atom. The van der Waals surface area contributed by atoms with Gasteiger partial charge in [-0.25, -0.2) is 0 Å². The number of carbonyl (C=O) groups is 2. The van der Waals surface area contributed by atoms with Crippen molar-refractivity contribution in [3.05, 3.63) is 89.6 Å². The molecule has 0 atom stereocenters. The normalized spacial score (nSPS) is 16.2. The molecule has 2 amide bonds. The van der Waals surface area contributed by atoms with Crippen LogP contribution in [-0.4, -0.2) is 59.7 Å². The van der Waals surface area contributed by atoms with Gasteiger partial charge in [0.1, 0.15) is 11.5 Å². The molecule has 2 N–H and O–H groups in total. The molecule has 0 unspecified atom stereocenters. The molecule has 0 radical (unpaired) electrons. The molecular weight excluding hydrogens is 592 g/mol. The number of methoxy groups -OCH3 is 1. The number of aromatic amines is 1. The van der Waals surface area contributed by atoms with Gasteiger partial charge in [0.2, 0.25) is 5.91 Å². The van der Waals surface area contributed by atoms with Crippen molar-refractivity contribution in [2.24, 2.45) is 0 Å². The molecule has 0 saturated carbocycles. The minimum absolute atomic E-state index is 0.00132. The van der Waals surface area contributed by atoms with Gasteiger partial charge in [-0.15, -0.1) is 8.78 Å². The zero-order chi connectivity index (χ0) is 31.1. The minimum atomic E-state index is -3.85. The first-order valence-electron chi connectivity index (χ1n) is 14.1. The highest BCUT2D eigenvalue weighted by Gasteiger charge is 2.53. The Hall–Kier alpha value is -4.48. The second kappa shape index (κ2) is 11.5. The number of anilines is 2. The number of aromatic nitrogens is 2. The molecular formula is C32H30ClF2N5O4. The van der Waals surface area contributed by atoms with E-state index in [-0.39, 0.29) is 11.7 Å². The highest BCUT2D eigenvalue weighted by Crippen LogP contribution is 2.52. The molecule has 1 saturated heterocycles. The molecule has 3 aromatic carbocycles. The summed E-state index contributed by atoms with van der Waals surface area (Å²) < 4.78 is 35.7. The van der Waals surface area contributed by atoms with E-state index in [1.807, 2.05) is 37.4 Å². The standard InChI is InChI=1S/C32H30ClF2N5O4/c1-39-15-12-31(13-16-39)28-25(26-11-14-36-38-26)17-21(29(41)37-22-5-9-24(10-6-22)44-32(33,34)35)18-27(28)40(30(31)42)19-20-3-7-23(43-2)8-4-20/h3-11,14,17-18H,12-13,15-16,19H2,1-2H3,(H,36,38)(H,37,41). The molecule has 4 aromatic rings. The van der Waals surface area contributed by atoms with Crippen LogP contribution in [0, 0.1) is 0 Å². The van der Waals surface area contributed by atoms with Gasteiger partial charge in [0, 0.05) is 45.9 Å². The maximum atomic E-state index is 14.5. The van der Waals surface area contributed by atoms with Crippen LogP contribution in [0.25, 0.3) is 11.3 Å². The predicted octanol–water partition coefficient (Wildman–Crippen LogP) is 6.02. The summed E-state index contributed by atoms with van der Waals surface area (Å²) in [7, 11) is 3.65. The Labute approximate surface area is 257 Å². The Balaban J connectivity index is 1.42. The van der Waals surface area contributed by atoms with Crippen LogP contribution in [0.1, 0.15) is 34.3 Å². The molecule has 228 valence electrons. The first-order chi connectivity index (χ1) is 21.1. The van der Waals surface area contributed by atoms with Gasteiger partial charge < -0.3 is 24.6 Å². The molecule has 2 aliphatic rings. The first kappa shape index (κ1) is 29.6. The molecule has 1 fully saturated rings. The third-order valence-corrected chi connectivity index (χ3v) is 8.36. The fraction of sp³-hybridized carbons (Fsp3) is 0.281. The third kappa shape index (κ3) is 5.72. The summed E-state index contributed by atoms with van der Waals surface area (Å²) in [5, 5.41) is 9.99. The van der Waals surface area contributed by atoms with Crippen LogP contribution in [0.5, 0.6) is 11.5 Å². The molecule has 1 spiro atoms. The molecule has 1 aromatic heterocycles. The van der Waals surface area contributed by atoms with Crippen LogP contribution < -0.4 is 19.7 Å². The number of amides is 2. The molecule has 44 heavy (non-hydrogen) atoms. The van der Waals surface area contributed by atoms with Crippen LogP contribution in [0.3, 0.4) is 0 Å². The number of hydrogen-bond acceptors (Lipinski definition) is 6. The molecule has 6 rings (SSSR count). The van der Waals surface area contributed by atoms with Crippen molar-refractivity contribution in [2.45, 2.75) is 30.4 Å². The number of ether oxygens (including phenoxy) is 2. The van der Waals surface area contributed by atoms with Crippen molar-refractivity contribution in [3.8, 4) is 22.8 Å². The van der Waals surface area contributed by atoms with E-state index < -0.39 is 16.9 Å². The van der Waals surface area contributed by atoms with Gasteiger partial charge in [-0.1, -0.05) is 12.1 Å². The number of piperidine rings is 1. The number of H-pyrrole nitrogens is 1. The van der Waals surface area contributed by atoms with Crippen molar-refractivity contribution >= 4 is 34.8 Å². The van der Waals surface area contributed by atoms with E-state index in [2.05, 4.69) is 25.2 Å². The maximum absolute atomic E-state index is 14.5. The molecule has 0 bridgehead atoms. The fourth-order valence-corrected chi connectivity index (χ4v) is 6.13. The van der Waals surface area contributed by atoms with E-state index in [0.29, 0.717) is 47.8 Å². The van der Waals surface area contributed by atoms with Gasteiger partial charge in [0.15, 0.2) is 0 Å². The van der Waals surface area contributed by atoms with E-state index in [0.717, 1.165) is 29.8 Å². The highest BCUT2D eigenvalue weighted by atomic mass is 35.5. The zero-order valence-electron chi connectivity index (χ0n) is 24.1. The van der Waals surface area contributed by atoms with Crippen LogP contribution in [0.15, 0.2) is 72.9 Å². The number of likely N-dealkylation sites (tertiary alicyclic amines) is 1. The Kier molecular flexibility index (Phi) is 7.77. The highest BCUT2D eigenvalue weighted by molar-refractivity contribution is 6.20. The number of alkyl halides is 3. The molecule has 9 nitrogen and oxygen atoms in total. The Morgan fingerprint density at radius 3 is 2.36 bits per heavy atom. The molecule has 12 heteroatoms. The lowest BCUT2D eigenvalue weighted by Crippen LogP contribution is -2.47. The summed E-state index contributed by atoms with van der Waals surface area (Å²) in [6.07, 6.45) is 2.91. The van der Waals surface area contributed by atoms with E-state index in [4.69, 9.17) is 16.3 Å². The zero-order valence-corrected chi connectivity index (χ0v) is 24.8. The monoisotopic (exact) mass is 621 g/mol. The smallest absolute Gasteiger partial charge is 0.487 e. The van der Waals surface area contributed by atoms with Gasteiger partial charge >= 0.3 is 5.57 Å². The summed E-state index contributed by atoms with van der Waals surface area (Å²) in [6, 6.07) is 18.3. The van der Waals surface area contributed by atoms with Crippen molar-refractivity contribution in [2.75, 3.05) is 37.5 Å². The van der Waals surface area contributed by atoms with Gasteiger partial charge in [-0.2, -0.15) is 5.10 Å². The summed E-state index contributed by atoms with van der Waals surface area (Å²) in [5.41, 5.74) is -0.0415. The lowest BCUT2D eigenvalue weighted by atomic mass is 9.71. The number of carbonyl (C=O) groups excluding carboxylic acids is 2. The van der Waals surface area contributed by atoms with Crippen molar-refractivity contribution in [3.63, 3.8) is 0 Å². The molecule has 3 heterocycles. The SMILES string of the molecule is COc1ccc(CN2C(=O)C3(CCN(C)CC3)c3c(-c4ccn[nH]4)cc(C(=O)Nc4ccc(OC(F)(F)Cl)cc4)cc32)cc1. The number of benzene rings is 3. The third-order valence-electron chi connectivity index (χ3n) is 8.28. The quantitative estimate of drug-likeness (QED) is 0.234. The first-order valence-corrected chi connectivity index (χ1v) is 14.4. The van der Waals surface area contributed by atoms with Gasteiger partial charge in [0.25, 0.3) is 5.91 Å². The Morgan fingerprint density at radius 1 is 1.07 bits per heavy atom. The summed E-state index contributed by atoms with van der Waals surface area (Å²) in [5.74, 6) is 0.121. The summed E-state index contributed by atoms with van der Waals surface area (Å²) >= 11 is 4.85. The van der Waals surface area contributed by atoms with Gasteiger partial charge in [-0.05, 0) is 93.1 Å². The number of hydrogen-bond donors (Lipinski definition) is 2. The minimum Gasteiger partial charge on any atom is -0.497 e. The number of halogens is 3. The van der Waals surface area contributed by atoms with E-state index in [1.54, 1.807) is 30.3 Å². The van der Waals surface area contributed by atoms with Crippen molar-refractivity contribution in [1.82, 2.24) is 15.1 Å². The average molecular weight is 622 g/mol. The van der Waals surface area contributed by atoms with Crippen LogP contribution in [0.4, 0.5) is 20.2 Å². The number of nitrogens with one attached hydrogen (secondary N) is 2. The lowest BCUT2D eigenvalue weighted by Gasteiger charge is -2.37. The lowest BCUT2D eigenvalue weighted by molar-refractivity contribution is -0.124. The van der Waals surface area contributed by atoms with Crippen LogP contribution >= 0.6 is 11.6 Å². The summed E-state index contributed by atoms with van der Waals surface area (Å²) in [4.78, 5) is 32.1. The van der Waals surface area contributed by atoms with E-state index >= 15 is 0 Å². The second-order valence-corrected chi connectivity index (χ2v) is 11.5.